The van der Waals surface area contributed by atoms with Gasteiger partial charge >= 0.3 is 0 Å². The lowest BCUT2D eigenvalue weighted by Gasteiger charge is -2.29. The summed E-state index contributed by atoms with van der Waals surface area (Å²) < 4.78 is 47.6. The van der Waals surface area contributed by atoms with Gasteiger partial charge < -0.3 is 14.4 Å². The molecule has 0 radical (unpaired) electrons. The van der Waals surface area contributed by atoms with Crippen LogP contribution >= 0.6 is 0 Å². The number of rotatable bonds is 6. The summed E-state index contributed by atoms with van der Waals surface area (Å²) in [6, 6.07) is 9.89. The molecule has 148 valence electrons. The highest BCUT2D eigenvalue weighted by Gasteiger charge is 2.33. The molecule has 0 unspecified atom stereocenters. The number of sulfone groups is 1. The van der Waals surface area contributed by atoms with Gasteiger partial charge in [0.1, 0.15) is 17.3 Å². The molecule has 0 bridgehead atoms. The van der Waals surface area contributed by atoms with Crippen LogP contribution in [0.15, 0.2) is 53.9 Å². The largest absolute Gasteiger partial charge is 0.497 e. The molecular weight excluding hydrogens is 385 g/mol. The molecule has 3 rings (SSSR count). The summed E-state index contributed by atoms with van der Waals surface area (Å²) in [6.07, 6.45) is 1.47. The van der Waals surface area contributed by atoms with Crippen molar-refractivity contribution in [2.24, 2.45) is 0 Å². The van der Waals surface area contributed by atoms with E-state index in [1.54, 1.807) is 18.2 Å². The van der Waals surface area contributed by atoms with Crippen molar-refractivity contribution in [3.63, 3.8) is 0 Å². The zero-order valence-corrected chi connectivity index (χ0v) is 16.3. The molecule has 28 heavy (non-hydrogen) atoms. The third-order valence-corrected chi connectivity index (χ3v) is 5.80. The molecule has 0 N–H and O–H groups in total. The Hall–Kier alpha value is -2.87. The summed E-state index contributed by atoms with van der Waals surface area (Å²) in [5, 5.41) is 1.12. The second kappa shape index (κ2) is 8.02. The quantitative estimate of drug-likeness (QED) is 0.739. The Balaban J connectivity index is 1.99. The average Bonchev–Trinajstić information content (AvgIpc) is 3.03. The molecule has 6 nitrogen and oxygen atoms in total. The number of hydrogen-bond acceptors (Lipinski definition) is 5. The lowest BCUT2D eigenvalue weighted by atomic mass is 10.1. The van der Waals surface area contributed by atoms with Crippen LogP contribution in [0.3, 0.4) is 0 Å². The average molecular weight is 405 g/mol. The van der Waals surface area contributed by atoms with E-state index in [1.807, 2.05) is 0 Å². The maximum atomic E-state index is 13.1. The van der Waals surface area contributed by atoms with Crippen molar-refractivity contribution in [2.75, 3.05) is 24.9 Å². The Kier molecular flexibility index (Phi) is 5.69. The topological polar surface area (TPSA) is 72.9 Å². The number of nitrogens with zero attached hydrogens (tertiary/aromatic N) is 1. The van der Waals surface area contributed by atoms with Crippen molar-refractivity contribution >= 4 is 21.4 Å². The van der Waals surface area contributed by atoms with Gasteiger partial charge in [-0.2, -0.15) is 0 Å². The molecule has 1 atom stereocenters. The van der Waals surface area contributed by atoms with E-state index < -0.39 is 21.7 Å². The standard InChI is InChI=1S/C20H20FNO5S/c1-26-17-7-8-18(19(12-17)27-2)22(16-9-10-28(24,25)13-16)20(23)11-14-3-5-15(21)6-4-14/h3-10,12,16H,11,13H2,1-2H3/t16-/m1/s1. The van der Waals surface area contributed by atoms with Crippen LogP contribution in [-0.2, 0) is 21.1 Å². The Labute approximate surface area is 163 Å². The van der Waals surface area contributed by atoms with E-state index in [1.165, 1.54) is 49.5 Å². The first-order valence-electron chi connectivity index (χ1n) is 8.52. The van der Waals surface area contributed by atoms with Gasteiger partial charge in [-0.1, -0.05) is 12.1 Å². The third kappa shape index (κ3) is 4.33. The lowest BCUT2D eigenvalue weighted by molar-refractivity contribution is -0.118. The number of amides is 1. The number of ether oxygens (including phenoxy) is 2. The number of benzene rings is 2. The number of carbonyl (C=O) groups is 1. The van der Waals surface area contributed by atoms with E-state index in [2.05, 4.69) is 0 Å². The van der Waals surface area contributed by atoms with Crippen molar-refractivity contribution < 1.29 is 27.1 Å². The maximum absolute atomic E-state index is 13.1. The van der Waals surface area contributed by atoms with Gasteiger partial charge in [0.05, 0.1) is 38.1 Å². The highest BCUT2D eigenvalue weighted by Crippen LogP contribution is 2.35. The molecule has 0 fully saturated rings. The van der Waals surface area contributed by atoms with Gasteiger partial charge in [0, 0.05) is 11.5 Å². The molecule has 1 amide bonds. The van der Waals surface area contributed by atoms with Crippen LogP contribution in [0.5, 0.6) is 11.5 Å². The van der Waals surface area contributed by atoms with Crippen LogP contribution in [0, 0.1) is 5.82 Å². The molecule has 1 aliphatic rings. The van der Waals surface area contributed by atoms with Gasteiger partial charge in [-0.05, 0) is 35.9 Å². The maximum Gasteiger partial charge on any atom is 0.232 e. The smallest absolute Gasteiger partial charge is 0.232 e. The molecule has 1 aliphatic heterocycles. The molecule has 0 aromatic heterocycles. The van der Waals surface area contributed by atoms with Crippen molar-refractivity contribution in [1.82, 2.24) is 0 Å². The first kappa shape index (κ1) is 19.9. The number of anilines is 1. The van der Waals surface area contributed by atoms with E-state index in [0.29, 0.717) is 22.7 Å². The highest BCUT2D eigenvalue weighted by molar-refractivity contribution is 7.94. The lowest BCUT2D eigenvalue weighted by Crippen LogP contribution is -2.42. The second-order valence-corrected chi connectivity index (χ2v) is 8.26. The number of halogens is 1. The first-order valence-corrected chi connectivity index (χ1v) is 10.2. The number of carbonyl (C=O) groups excluding carboxylic acids is 1. The third-order valence-electron chi connectivity index (χ3n) is 4.43. The van der Waals surface area contributed by atoms with Crippen molar-refractivity contribution in [3.05, 3.63) is 65.3 Å². The Bertz CT molecular complexity index is 1000. The Morgan fingerprint density at radius 3 is 2.43 bits per heavy atom. The van der Waals surface area contributed by atoms with Crippen LogP contribution in [0.2, 0.25) is 0 Å². The molecule has 2 aromatic rings. The van der Waals surface area contributed by atoms with Gasteiger partial charge in [0.15, 0.2) is 9.84 Å². The molecule has 0 spiro atoms. The fraction of sp³-hybridized carbons (Fsp3) is 0.250. The van der Waals surface area contributed by atoms with E-state index in [0.717, 1.165) is 5.41 Å². The SMILES string of the molecule is COc1ccc(N(C(=O)Cc2ccc(F)cc2)[C@@H]2C=CS(=O)(=O)C2)c(OC)c1. The summed E-state index contributed by atoms with van der Waals surface area (Å²) in [5.74, 6) is -0.0145. The highest BCUT2D eigenvalue weighted by atomic mass is 32.2. The molecule has 0 aliphatic carbocycles. The number of hydrogen-bond donors (Lipinski definition) is 0. The predicted octanol–water partition coefficient (Wildman–Crippen LogP) is 2.73. The molecule has 0 saturated heterocycles. The summed E-state index contributed by atoms with van der Waals surface area (Å²) in [6.45, 7) is 0. The van der Waals surface area contributed by atoms with Crippen molar-refractivity contribution in [2.45, 2.75) is 12.5 Å². The van der Waals surface area contributed by atoms with Crippen LogP contribution in [0.1, 0.15) is 5.56 Å². The van der Waals surface area contributed by atoms with Crippen LogP contribution in [0.4, 0.5) is 10.1 Å². The minimum atomic E-state index is -3.38. The minimum absolute atomic E-state index is 0.0140. The van der Waals surface area contributed by atoms with Crippen molar-refractivity contribution in [3.8, 4) is 11.5 Å². The molecule has 1 heterocycles. The fourth-order valence-corrected chi connectivity index (χ4v) is 4.33. The summed E-state index contributed by atoms with van der Waals surface area (Å²) in [7, 11) is -0.410. The van der Waals surface area contributed by atoms with E-state index in [-0.39, 0.29) is 18.1 Å². The first-order chi connectivity index (χ1) is 13.3. The van der Waals surface area contributed by atoms with Crippen LogP contribution in [0.25, 0.3) is 0 Å². The second-order valence-electron chi connectivity index (χ2n) is 6.33. The van der Waals surface area contributed by atoms with Crippen LogP contribution < -0.4 is 14.4 Å². The van der Waals surface area contributed by atoms with Gasteiger partial charge in [-0.15, -0.1) is 0 Å². The molecular formula is C20H20FNO5S. The fourth-order valence-electron chi connectivity index (χ4n) is 3.06. The van der Waals surface area contributed by atoms with E-state index in [4.69, 9.17) is 9.47 Å². The monoisotopic (exact) mass is 405 g/mol. The zero-order chi connectivity index (χ0) is 20.3. The summed E-state index contributed by atoms with van der Waals surface area (Å²) in [5.41, 5.74) is 1.05. The normalized spacial score (nSPS) is 17.3. The molecule has 2 aromatic carbocycles. The molecule has 8 heteroatoms. The van der Waals surface area contributed by atoms with Crippen molar-refractivity contribution in [1.29, 1.82) is 0 Å². The number of methoxy groups -OCH3 is 2. The summed E-state index contributed by atoms with van der Waals surface area (Å²) in [4.78, 5) is 14.5. The summed E-state index contributed by atoms with van der Waals surface area (Å²) >= 11 is 0. The van der Waals surface area contributed by atoms with E-state index >= 15 is 0 Å². The minimum Gasteiger partial charge on any atom is -0.497 e. The molecule has 0 saturated carbocycles. The predicted molar refractivity (Wildman–Crippen MR) is 104 cm³/mol. The van der Waals surface area contributed by atoms with Gasteiger partial charge in [-0.25, -0.2) is 12.8 Å². The van der Waals surface area contributed by atoms with Crippen LogP contribution in [-0.4, -0.2) is 40.3 Å². The van der Waals surface area contributed by atoms with Gasteiger partial charge in [0.2, 0.25) is 5.91 Å². The van der Waals surface area contributed by atoms with Gasteiger partial charge in [-0.3, -0.25) is 4.79 Å². The van der Waals surface area contributed by atoms with Gasteiger partial charge in [0.25, 0.3) is 0 Å². The Morgan fingerprint density at radius 2 is 1.86 bits per heavy atom. The Morgan fingerprint density at radius 1 is 1.14 bits per heavy atom. The van der Waals surface area contributed by atoms with E-state index in [9.17, 15) is 17.6 Å². The zero-order valence-electron chi connectivity index (χ0n) is 15.5.